The number of hydrogen-bond acceptors (Lipinski definition) is 2. The lowest BCUT2D eigenvalue weighted by Crippen LogP contribution is -2.14. The molecular formula is C15H10INO2. The highest BCUT2D eigenvalue weighted by Crippen LogP contribution is 2.39. The van der Waals surface area contributed by atoms with E-state index in [1.807, 2.05) is 59.0 Å². The largest absolute Gasteiger partial charge is 0.325 e. The number of fused-ring (bicyclic) bond motifs is 3. The number of anilines is 1. The number of carbonyl (C=O) groups is 2. The number of alkyl halides is 1. The third-order valence-electron chi connectivity index (χ3n) is 3.15. The van der Waals surface area contributed by atoms with E-state index in [9.17, 15) is 9.59 Å². The average molecular weight is 363 g/mol. The first-order valence-electron chi connectivity index (χ1n) is 5.85. The van der Waals surface area contributed by atoms with Crippen LogP contribution in [0.25, 0.3) is 11.1 Å². The third-order valence-corrected chi connectivity index (χ3v) is 3.84. The molecule has 0 bridgehead atoms. The summed E-state index contributed by atoms with van der Waals surface area (Å²) in [6.07, 6.45) is 0. The summed E-state index contributed by atoms with van der Waals surface area (Å²) in [6, 6.07) is 13.1. The molecule has 0 heterocycles. The van der Waals surface area contributed by atoms with Crippen molar-refractivity contribution in [2.24, 2.45) is 0 Å². The number of nitrogens with one attached hydrogen (secondary N) is 1. The molecule has 2 aromatic rings. The lowest BCUT2D eigenvalue weighted by Gasteiger charge is -2.08. The molecule has 4 heteroatoms. The first-order chi connectivity index (χ1) is 9.22. The van der Waals surface area contributed by atoms with Gasteiger partial charge in [0.05, 0.1) is 15.7 Å². The van der Waals surface area contributed by atoms with Gasteiger partial charge in [0.25, 0.3) is 0 Å². The summed E-state index contributed by atoms with van der Waals surface area (Å²) in [7, 11) is 0. The molecule has 3 nitrogen and oxygen atoms in total. The molecule has 0 fully saturated rings. The smallest absolute Gasteiger partial charge is 0.234 e. The Morgan fingerprint density at radius 2 is 1.68 bits per heavy atom. The summed E-state index contributed by atoms with van der Waals surface area (Å²) < 4.78 is 0.364. The molecule has 3 rings (SSSR count). The maximum Gasteiger partial charge on any atom is 0.234 e. The number of carbonyl (C=O) groups excluding carboxylic acids is 2. The SMILES string of the molecule is O=C(CI)Nc1cccc2c1C(=O)c1ccccc1-2. The Bertz CT molecular complexity index is 694. The van der Waals surface area contributed by atoms with Gasteiger partial charge in [0.15, 0.2) is 5.78 Å². The molecule has 1 amide bonds. The minimum atomic E-state index is -0.0993. The summed E-state index contributed by atoms with van der Waals surface area (Å²) in [5.74, 6) is -0.118. The van der Waals surface area contributed by atoms with Gasteiger partial charge in [-0.2, -0.15) is 0 Å². The van der Waals surface area contributed by atoms with Crippen molar-refractivity contribution in [3.05, 3.63) is 53.6 Å². The number of hydrogen-bond donors (Lipinski definition) is 1. The fourth-order valence-corrected chi connectivity index (χ4v) is 2.55. The quantitative estimate of drug-likeness (QED) is 0.561. The molecule has 0 saturated heterocycles. The standard InChI is InChI=1S/C15H10INO2/c16-8-13(18)17-12-7-3-6-10-9-4-1-2-5-11(9)15(19)14(10)12/h1-7H,8H2,(H,17,18). The highest BCUT2D eigenvalue weighted by atomic mass is 127. The first-order valence-corrected chi connectivity index (χ1v) is 7.38. The topological polar surface area (TPSA) is 46.2 Å². The van der Waals surface area contributed by atoms with Crippen LogP contribution < -0.4 is 5.32 Å². The zero-order chi connectivity index (χ0) is 13.4. The maximum atomic E-state index is 12.4. The molecule has 94 valence electrons. The third kappa shape index (κ3) is 1.96. The minimum absolute atomic E-state index is 0.0186. The van der Waals surface area contributed by atoms with Crippen molar-refractivity contribution in [1.82, 2.24) is 0 Å². The van der Waals surface area contributed by atoms with Gasteiger partial charge in [-0.15, -0.1) is 0 Å². The van der Waals surface area contributed by atoms with Gasteiger partial charge in [-0.1, -0.05) is 59.0 Å². The Hall–Kier alpha value is -1.69. The van der Waals surface area contributed by atoms with Crippen molar-refractivity contribution in [2.75, 3.05) is 9.74 Å². The van der Waals surface area contributed by atoms with Crippen LogP contribution in [0.3, 0.4) is 0 Å². The Balaban J connectivity index is 2.16. The van der Waals surface area contributed by atoms with Crippen LogP contribution >= 0.6 is 22.6 Å². The maximum absolute atomic E-state index is 12.4. The fourth-order valence-electron chi connectivity index (χ4n) is 2.36. The molecule has 1 aliphatic rings. The van der Waals surface area contributed by atoms with E-state index in [0.717, 1.165) is 11.1 Å². The van der Waals surface area contributed by atoms with Gasteiger partial charge in [-0.25, -0.2) is 0 Å². The van der Waals surface area contributed by atoms with Crippen molar-refractivity contribution in [3.63, 3.8) is 0 Å². The van der Waals surface area contributed by atoms with Gasteiger partial charge < -0.3 is 5.32 Å². The second kappa shape index (κ2) is 4.77. The number of rotatable bonds is 2. The Morgan fingerprint density at radius 1 is 1.00 bits per heavy atom. The number of halogens is 1. The van der Waals surface area contributed by atoms with Gasteiger partial charge in [-0.3, -0.25) is 9.59 Å². The molecule has 0 radical (unpaired) electrons. The van der Waals surface area contributed by atoms with E-state index >= 15 is 0 Å². The predicted octanol–water partition coefficient (Wildman–Crippen LogP) is 3.27. The molecule has 0 spiro atoms. The van der Waals surface area contributed by atoms with Crippen LogP contribution in [0, 0.1) is 0 Å². The lowest BCUT2D eigenvalue weighted by atomic mass is 10.0. The molecule has 19 heavy (non-hydrogen) atoms. The second-order valence-electron chi connectivity index (χ2n) is 4.28. The van der Waals surface area contributed by atoms with E-state index in [4.69, 9.17) is 0 Å². The zero-order valence-corrected chi connectivity index (χ0v) is 12.1. The fraction of sp³-hybridized carbons (Fsp3) is 0.0667. The van der Waals surface area contributed by atoms with Crippen LogP contribution in [0.1, 0.15) is 15.9 Å². The van der Waals surface area contributed by atoms with E-state index < -0.39 is 0 Å². The average Bonchev–Trinajstić information content (AvgIpc) is 2.74. The summed E-state index contributed by atoms with van der Waals surface area (Å²) in [5.41, 5.74) is 3.73. The van der Waals surface area contributed by atoms with E-state index in [1.165, 1.54) is 0 Å². The number of ketones is 1. The van der Waals surface area contributed by atoms with Crippen LogP contribution in [0.5, 0.6) is 0 Å². The van der Waals surface area contributed by atoms with Gasteiger partial charge in [0, 0.05) is 5.56 Å². The van der Waals surface area contributed by atoms with E-state index in [0.29, 0.717) is 21.2 Å². The normalized spacial score (nSPS) is 11.9. The lowest BCUT2D eigenvalue weighted by molar-refractivity contribution is -0.113. The molecule has 0 atom stereocenters. The van der Waals surface area contributed by atoms with Crippen LogP contribution in [-0.4, -0.2) is 16.1 Å². The molecular weight excluding hydrogens is 353 g/mol. The van der Waals surface area contributed by atoms with Crippen molar-refractivity contribution in [1.29, 1.82) is 0 Å². The van der Waals surface area contributed by atoms with Gasteiger partial charge in [-0.05, 0) is 17.2 Å². The zero-order valence-electron chi connectivity index (χ0n) is 9.94. The monoisotopic (exact) mass is 363 g/mol. The molecule has 0 aromatic heterocycles. The molecule has 2 aromatic carbocycles. The van der Waals surface area contributed by atoms with E-state index in [2.05, 4.69) is 5.32 Å². The molecule has 0 unspecified atom stereocenters. The second-order valence-corrected chi connectivity index (χ2v) is 5.05. The Labute approximate surface area is 124 Å². The summed E-state index contributed by atoms with van der Waals surface area (Å²) >= 11 is 2.00. The van der Waals surface area contributed by atoms with Crippen LogP contribution in [-0.2, 0) is 4.79 Å². The van der Waals surface area contributed by atoms with E-state index in [-0.39, 0.29) is 11.7 Å². The van der Waals surface area contributed by atoms with Gasteiger partial charge in [0.2, 0.25) is 5.91 Å². The van der Waals surface area contributed by atoms with Gasteiger partial charge in [0.1, 0.15) is 0 Å². The first kappa shape index (κ1) is 12.3. The predicted molar refractivity (Wildman–Crippen MR) is 82.8 cm³/mol. The van der Waals surface area contributed by atoms with Crippen LogP contribution in [0.15, 0.2) is 42.5 Å². The van der Waals surface area contributed by atoms with Crippen molar-refractivity contribution >= 4 is 40.0 Å². The molecule has 1 aliphatic carbocycles. The van der Waals surface area contributed by atoms with Gasteiger partial charge >= 0.3 is 0 Å². The van der Waals surface area contributed by atoms with Crippen molar-refractivity contribution in [3.8, 4) is 11.1 Å². The van der Waals surface area contributed by atoms with Crippen LogP contribution in [0.4, 0.5) is 5.69 Å². The van der Waals surface area contributed by atoms with Crippen molar-refractivity contribution in [2.45, 2.75) is 0 Å². The highest BCUT2D eigenvalue weighted by molar-refractivity contribution is 14.1. The summed E-state index contributed by atoms with van der Waals surface area (Å²) in [5, 5.41) is 2.79. The minimum Gasteiger partial charge on any atom is -0.325 e. The van der Waals surface area contributed by atoms with Crippen molar-refractivity contribution < 1.29 is 9.59 Å². The summed E-state index contributed by atoms with van der Waals surface area (Å²) in [6.45, 7) is 0. The molecule has 0 saturated carbocycles. The van der Waals surface area contributed by atoms with Crippen LogP contribution in [0.2, 0.25) is 0 Å². The number of amides is 1. The van der Waals surface area contributed by atoms with E-state index in [1.54, 1.807) is 6.07 Å². The molecule has 1 N–H and O–H groups in total. The molecule has 0 aliphatic heterocycles. The highest BCUT2D eigenvalue weighted by Gasteiger charge is 2.28. The number of benzene rings is 2. The Morgan fingerprint density at radius 3 is 2.42 bits per heavy atom. The Kier molecular flexibility index (Phi) is 3.10. The summed E-state index contributed by atoms with van der Waals surface area (Å²) in [4.78, 5) is 24.0.